The van der Waals surface area contributed by atoms with Gasteiger partial charge >= 0.3 is 71.6 Å². The molecule has 812 valence electrons. The quantitative estimate of drug-likeness (QED) is 0.0310. The molecule has 34 heteroatoms. The smallest absolute Gasteiger partial charge is 0.309 e. The van der Waals surface area contributed by atoms with Crippen LogP contribution in [0.15, 0.2) is 0 Å². The molecule has 0 fully saturated rings. The van der Waals surface area contributed by atoms with Gasteiger partial charge in [0.1, 0.15) is 79.3 Å². The standard InChI is InChI=1S/C105H192N4O24S6/c1-13-18-23-28-33-40-77-135-83-89(7)101(117)129-72-66-123-95(111)48-60-107(56-46-58-109(63-51-98(114)126-69-75-132-104(120)92(10)86-138-80-43-36-31-26-21-16-4)64-52-99(115)127-70-76-133-105(121)93(11)87-139-81-44-37-32-27-22-17-5)54-39-38-53-106(59-47-94(110)122-65-71-128-100(116)88(6)82-134-12)55-45-57-108(61-49-96(112)124-67-73-130-102(118)90(8)84-136-78-41-34-29-24-19-14-2)62-50-97(113)125-68-74-131-103(119)91(9)85-137-79-42-35-30-25-20-15-3/h88-93H,13-87H2,1-12H3. The average molecular weight is 2090 g/mol. The highest BCUT2D eigenvalue weighted by atomic mass is 32.2. The molecule has 0 saturated carbocycles. The summed E-state index contributed by atoms with van der Waals surface area (Å²) in [5.74, 6) is 1.58. The maximum Gasteiger partial charge on any atom is 0.309 e. The minimum atomic E-state index is -0.514. The Morgan fingerprint density at radius 1 is 0.187 bits per heavy atom. The predicted molar refractivity (Wildman–Crippen MR) is 570 cm³/mol. The number of unbranched alkanes of at least 4 members (excludes halogenated alkanes) is 26. The van der Waals surface area contributed by atoms with Gasteiger partial charge in [0, 0.05) is 73.8 Å². The zero-order valence-corrected chi connectivity index (χ0v) is 93.4. The van der Waals surface area contributed by atoms with Crippen LogP contribution in [-0.4, -0.2) is 319 Å². The van der Waals surface area contributed by atoms with E-state index in [1.54, 1.807) is 65.7 Å². The number of nitrogens with zero attached hydrogens (tertiary/aromatic N) is 4. The fourth-order valence-electron chi connectivity index (χ4n) is 14.5. The van der Waals surface area contributed by atoms with Crippen LogP contribution in [0, 0.1) is 35.5 Å². The van der Waals surface area contributed by atoms with Crippen molar-refractivity contribution in [3.8, 4) is 0 Å². The fraction of sp³-hybridized carbons (Fsp3) is 0.886. The minimum absolute atomic E-state index is 0.00902. The number of thioether (sulfide) groups is 6. The van der Waals surface area contributed by atoms with Gasteiger partial charge in [0.2, 0.25) is 0 Å². The molecule has 28 nitrogen and oxygen atoms in total. The molecule has 0 aliphatic carbocycles. The number of ether oxygens (including phenoxy) is 12. The Labute approximate surface area is 866 Å². The van der Waals surface area contributed by atoms with Crippen LogP contribution in [0.1, 0.15) is 333 Å². The second kappa shape index (κ2) is 98.3. The summed E-state index contributed by atoms with van der Waals surface area (Å²) >= 11 is 10.2. The Kier molecular flexibility index (Phi) is 95.1. The zero-order valence-electron chi connectivity index (χ0n) is 88.5. The van der Waals surface area contributed by atoms with Gasteiger partial charge in [-0.25, -0.2) is 0 Å². The number of hydrogen-bond donors (Lipinski definition) is 0. The second-order valence-corrected chi connectivity index (χ2v) is 43.3. The minimum Gasteiger partial charge on any atom is -0.462 e. The van der Waals surface area contributed by atoms with Crippen LogP contribution >= 0.6 is 70.6 Å². The number of esters is 12. The molecule has 0 radical (unpaired) electrons. The Bertz CT molecular complexity index is 2950. The van der Waals surface area contributed by atoms with E-state index < -0.39 is 35.8 Å². The van der Waals surface area contributed by atoms with Crippen molar-refractivity contribution >= 4 is 142 Å². The van der Waals surface area contributed by atoms with E-state index in [0.29, 0.717) is 113 Å². The first kappa shape index (κ1) is 135. The first-order chi connectivity index (χ1) is 67.3. The lowest BCUT2D eigenvalue weighted by molar-refractivity contribution is -0.154. The molecule has 0 aromatic carbocycles. The van der Waals surface area contributed by atoms with E-state index in [4.69, 9.17) is 56.8 Å². The largest absolute Gasteiger partial charge is 0.462 e. The van der Waals surface area contributed by atoms with E-state index in [0.717, 1.165) is 60.9 Å². The van der Waals surface area contributed by atoms with Gasteiger partial charge in [-0.15, -0.1) is 0 Å². The van der Waals surface area contributed by atoms with Crippen LogP contribution in [0.25, 0.3) is 0 Å². The summed E-state index contributed by atoms with van der Waals surface area (Å²) in [5.41, 5.74) is 0. The monoisotopic (exact) mass is 2090 g/mol. The highest BCUT2D eigenvalue weighted by molar-refractivity contribution is 8.00. The lowest BCUT2D eigenvalue weighted by atomic mass is 10.1. The molecule has 0 N–H and O–H groups in total. The van der Waals surface area contributed by atoms with Crippen LogP contribution in [0.2, 0.25) is 0 Å². The normalized spacial score (nSPS) is 12.8. The van der Waals surface area contributed by atoms with Crippen LogP contribution in [-0.2, 0) is 114 Å². The third kappa shape index (κ3) is 86.4. The molecule has 139 heavy (non-hydrogen) atoms. The van der Waals surface area contributed by atoms with Gasteiger partial charge in [-0.2, -0.15) is 70.6 Å². The Morgan fingerprint density at radius 3 is 0.518 bits per heavy atom. The molecule has 0 aromatic heterocycles. The highest BCUT2D eigenvalue weighted by Gasteiger charge is 2.25. The molecule has 0 heterocycles. The van der Waals surface area contributed by atoms with Crippen LogP contribution in [0.4, 0.5) is 0 Å². The third-order valence-electron chi connectivity index (χ3n) is 23.3. The molecule has 0 aliphatic heterocycles. The van der Waals surface area contributed by atoms with E-state index in [-0.39, 0.29) is 215 Å². The third-order valence-corrected chi connectivity index (χ3v) is 30.7. The highest BCUT2D eigenvalue weighted by Crippen LogP contribution is 2.22. The fourth-order valence-corrected chi connectivity index (χ4v) is 20.5. The molecule has 0 saturated heterocycles. The van der Waals surface area contributed by atoms with Gasteiger partial charge < -0.3 is 76.4 Å². The molecule has 6 atom stereocenters. The van der Waals surface area contributed by atoms with E-state index >= 15 is 0 Å². The zero-order chi connectivity index (χ0) is 102. The van der Waals surface area contributed by atoms with Crippen molar-refractivity contribution < 1.29 is 114 Å². The summed E-state index contributed by atoms with van der Waals surface area (Å²) in [6.45, 7) is 24.9. The lowest BCUT2D eigenvalue weighted by Gasteiger charge is -2.27. The average Bonchev–Trinajstić information content (AvgIpc) is 0.918. The Hall–Kier alpha value is -4.42. The topological polar surface area (TPSA) is 329 Å². The molecule has 0 amide bonds. The molecule has 0 bridgehead atoms. The summed E-state index contributed by atoms with van der Waals surface area (Å²) in [7, 11) is 0. The lowest BCUT2D eigenvalue weighted by Crippen LogP contribution is -2.36. The molecule has 0 aromatic rings. The first-order valence-electron chi connectivity index (χ1n) is 53.5. The maximum absolute atomic E-state index is 13.6. The summed E-state index contributed by atoms with van der Waals surface area (Å²) < 4.78 is 66.5. The summed E-state index contributed by atoms with van der Waals surface area (Å²) in [5, 5.41) is 0. The summed E-state index contributed by atoms with van der Waals surface area (Å²) in [6, 6.07) is 0. The molecular formula is C105H192N4O24S6. The van der Waals surface area contributed by atoms with Gasteiger partial charge in [-0.3, -0.25) is 57.5 Å². The van der Waals surface area contributed by atoms with Crippen molar-refractivity contribution in [2.45, 2.75) is 333 Å². The van der Waals surface area contributed by atoms with Crippen LogP contribution in [0.5, 0.6) is 0 Å². The Balaban J connectivity index is 6.98. The van der Waals surface area contributed by atoms with Gasteiger partial charge in [0.05, 0.1) is 74.0 Å². The number of carbonyl (C=O) groups is 12. The maximum atomic E-state index is 13.6. The summed E-state index contributed by atoms with van der Waals surface area (Å²) in [6.07, 6.45) is 40.0. The van der Waals surface area contributed by atoms with E-state index in [2.05, 4.69) is 44.4 Å². The number of rotatable bonds is 102. The van der Waals surface area contributed by atoms with Gasteiger partial charge in [0.15, 0.2) is 0 Å². The molecule has 0 rings (SSSR count). The van der Waals surface area contributed by atoms with Crippen molar-refractivity contribution in [3.63, 3.8) is 0 Å². The van der Waals surface area contributed by atoms with Crippen molar-refractivity contribution in [2.24, 2.45) is 35.5 Å². The molecule has 0 aliphatic rings. The Morgan fingerprint density at radius 2 is 0.338 bits per heavy atom. The number of carbonyl (C=O) groups excluding carboxylic acids is 12. The van der Waals surface area contributed by atoms with Crippen molar-refractivity contribution in [3.05, 3.63) is 0 Å². The summed E-state index contributed by atoms with van der Waals surface area (Å²) in [4.78, 5) is 166. The van der Waals surface area contributed by atoms with Gasteiger partial charge in [-0.05, 0) is 132 Å². The van der Waals surface area contributed by atoms with Crippen molar-refractivity contribution in [1.29, 1.82) is 0 Å². The van der Waals surface area contributed by atoms with Crippen molar-refractivity contribution in [1.82, 2.24) is 19.6 Å². The molecule has 6 unspecified atom stereocenters. The van der Waals surface area contributed by atoms with Gasteiger partial charge in [0.25, 0.3) is 0 Å². The van der Waals surface area contributed by atoms with E-state index in [1.165, 1.54) is 172 Å². The van der Waals surface area contributed by atoms with Gasteiger partial charge in [-0.1, -0.05) is 237 Å². The first-order valence-corrected chi connectivity index (χ1v) is 60.7. The van der Waals surface area contributed by atoms with E-state index in [9.17, 15) is 57.5 Å². The number of hydrogen-bond acceptors (Lipinski definition) is 34. The molecular weight excluding hydrogens is 1890 g/mol. The predicted octanol–water partition coefficient (Wildman–Crippen LogP) is 20.3. The van der Waals surface area contributed by atoms with Crippen molar-refractivity contribution in [2.75, 3.05) is 227 Å². The van der Waals surface area contributed by atoms with Crippen LogP contribution in [0.3, 0.4) is 0 Å². The molecule has 0 spiro atoms. The second-order valence-electron chi connectivity index (χ2n) is 36.7. The van der Waals surface area contributed by atoms with E-state index in [1.807, 2.05) is 50.7 Å². The van der Waals surface area contributed by atoms with Crippen LogP contribution < -0.4 is 0 Å². The SMILES string of the molecule is CCCCCCCCSCC(C)C(=O)OCCOC(=O)CCN(CCCCN(CCCN(CCC(=O)OCCOC(=O)C(C)CSCCCCCCCC)CCC(=O)OCCOC(=O)C(C)CSCCCCCCCC)CCC(=O)OCCOC(=O)C(C)CSC)CCCN(CCC(=O)OCCOC(=O)C(C)CSCCCCCCCC)CCC(=O)OCCOC(=O)C(C)CSCCCCCCCC.